The molecule has 0 saturated carbocycles. The molecule has 4 nitrogen and oxygen atoms in total. The van der Waals surface area contributed by atoms with Crippen molar-refractivity contribution >= 4 is 23.1 Å². The first-order valence-electron chi connectivity index (χ1n) is 7.50. The summed E-state index contributed by atoms with van der Waals surface area (Å²) in [5.74, 6) is -0.771. The van der Waals surface area contributed by atoms with E-state index in [-0.39, 0.29) is 5.91 Å². The van der Waals surface area contributed by atoms with Gasteiger partial charge >= 0.3 is 5.97 Å². The second kappa shape index (κ2) is 4.81. The van der Waals surface area contributed by atoms with Crippen LogP contribution in [0, 0.1) is 6.92 Å². The Morgan fingerprint density at radius 1 is 1.09 bits per heavy atom. The Morgan fingerprint density at radius 2 is 1.87 bits per heavy atom. The molecule has 2 aromatic rings. The Balaban J connectivity index is 1.85. The second-order valence-corrected chi connectivity index (χ2v) is 5.96. The van der Waals surface area contributed by atoms with Crippen LogP contribution < -0.4 is 5.32 Å². The molecule has 2 heterocycles. The Bertz CT molecular complexity index is 854. The standard InChI is InChI=1S/C19H15NO3/c1-12-7-8-16-15(9-12)19(18(22)20-16)11-14(10-17(21)23-19)13-5-3-2-4-6-13/h2-10H,11H2,1H3,(H,20,22). The van der Waals surface area contributed by atoms with Crippen molar-refractivity contribution in [2.24, 2.45) is 0 Å². The van der Waals surface area contributed by atoms with E-state index in [9.17, 15) is 9.59 Å². The summed E-state index contributed by atoms with van der Waals surface area (Å²) in [4.78, 5) is 24.8. The minimum atomic E-state index is -1.27. The molecule has 2 aliphatic rings. The van der Waals surface area contributed by atoms with Crippen molar-refractivity contribution in [3.8, 4) is 0 Å². The molecule has 0 bridgehead atoms. The lowest BCUT2D eigenvalue weighted by Gasteiger charge is -2.31. The monoisotopic (exact) mass is 305 g/mol. The predicted molar refractivity (Wildman–Crippen MR) is 86.6 cm³/mol. The van der Waals surface area contributed by atoms with Gasteiger partial charge in [-0.1, -0.05) is 42.0 Å². The highest BCUT2D eigenvalue weighted by Gasteiger charge is 2.52. The summed E-state index contributed by atoms with van der Waals surface area (Å²) in [6.45, 7) is 1.95. The molecule has 4 rings (SSSR count). The van der Waals surface area contributed by atoms with Gasteiger partial charge in [-0.15, -0.1) is 0 Å². The van der Waals surface area contributed by atoms with Crippen molar-refractivity contribution in [2.45, 2.75) is 18.9 Å². The summed E-state index contributed by atoms with van der Waals surface area (Å²) in [6.07, 6.45) is 1.81. The van der Waals surface area contributed by atoms with E-state index in [0.29, 0.717) is 12.1 Å². The third-order valence-corrected chi connectivity index (χ3v) is 4.38. The van der Waals surface area contributed by atoms with Crippen LogP contribution in [0.2, 0.25) is 0 Å². The Labute approximate surface area is 133 Å². The van der Waals surface area contributed by atoms with Gasteiger partial charge in [0, 0.05) is 23.7 Å². The van der Waals surface area contributed by atoms with Gasteiger partial charge in [-0.3, -0.25) is 4.79 Å². The van der Waals surface area contributed by atoms with E-state index in [1.807, 2.05) is 55.5 Å². The van der Waals surface area contributed by atoms with Crippen LogP contribution in [0.15, 0.2) is 54.6 Å². The summed E-state index contributed by atoms with van der Waals surface area (Å²) in [5, 5.41) is 2.83. The summed E-state index contributed by atoms with van der Waals surface area (Å²) in [7, 11) is 0. The molecule has 0 aromatic heterocycles. The number of carbonyl (C=O) groups is 2. The lowest BCUT2D eigenvalue weighted by molar-refractivity contribution is -0.163. The van der Waals surface area contributed by atoms with Gasteiger partial charge in [-0.2, -0.15) is 0 Å². The number of esters is 1. The van der Waals surface area contributed by atoms with Crippen LogP contribution in [0.5, 0.6) is 0 Å². The maximum absolute atomic E-state index is 12.6. The summed E-state index contributed by atoms with van der Waals surface area (Å²) >= 11 is 0. The molecule has 0 aliphatic carbocycles. The highest BCUT2D eigenvalue weighted by atomic mass is 16.6. The van der Waals surface area contributed by atoms with E-state index in [1.54, 1.807) is 0 Å². The first-order valence-corrected chi connectivity index (χ1v) is 7.50. The van der Waals surface area contributed by atoms with Gasteiger partial charge in [0.15, 0.2) is 0 Å². The number of carbonyl (C=O) groups excluding carboxylic acids is 2. The zero-order valence-corrected chi connectivity index (χ0v) is 12.6. The van der Waals surface area contributed by atoms with Gasteiger partial charge in [-0.05, 0) is 30.2 Å². The second-order valence-electron chi connectivity index (χ2n) is 5.96. The van der Waals surface area contributed by atoms with Gasteiger partial charge in [0.25, 0.3) is 5.91 Å². The number of hydrogen-bond donors (Lipinski definition) is 1. The van der Waals surface area contributed by atoms with Crippen LogP contribution in [0.1, 0.15) is 23.1 Å². The number of amides is 1. The highest BCUT2D eigenvalue weighted by molar-refractivity contribution is 6.09. The normalized spacial score (nSPS) is 22.4. The molecule has 0 fully saturated rings. The topological polar surface area (TPSA) is 55.4 Å². The largest absolute Gasteiger partial charge is 0.440 e. The van der Waals surface area contributed by atoms with Crippen LogP contribution in [0.25, 0.3) is 5.57 Å². The molecular weight excluding hydrogens is 290 g/mol. The maximum atomic E-state index is 12.6. The van der Waals surface area contributed by atoms with E-state index in [4.69, 9.17) is 4.74 Å². The van der Waals surface area contributed by atoms with Gasteiger partial charge < -0.3 is 10.1 Å². The first kappa shape index (κ1) is 13.8. The summed E-state index contributed by atoms with van der Waals surface area (Å²) in [5.41, 5.74) is 2.94. The molecule has 1 unspecified atom stereocenters. The number of ether oxygens (including phenoxy) is 1. The number of benzene rings is 2. The van der Waals surface area contributed by atoms with Gasteiger partial charge in [0.2, 0.25) is 5.60 Å². The van der Waals surface area contributed by atoms with Gasteiger partial charge in [0.1, 0.15) is 0 Å². The quantitative estimate of drug-likeness (QED) is 0.823. The zero-order valence-electron chi connectivity index (χ0n) is 12.6. The van der Waals surface area contributed by atoms with E-state index in [2.05, 4.69) is 5.32 Å². The summed E-state index contributed by atoms with van der Waals surface area (Å²) < 4.78 is 5.55. The smallest absolute Gasteiger partial charge is 0.332 e. The van der Waals surface area contributed by atoms with Crippen LogP contribution in [0.4, 0.5) is 5.69 Å². The fraction of sp³-hybridized carbons (Fsp3) is 0.158. The van der Waals surface area contributed by atoms with Crippen molar-refractivity contribution in [3.05, 3.63) is 71.3 Å². The van der Waals surface area contributed by atoms with Crippen molar-refractivity contribution in [2.75, 3.05) is 5.32 Å². The van der Waals surface area contributed by atoms with Crippen LogP contribution in [-0.2, 0) is 19.9 Å². The van der Waals surface area contributed by atoms with Crippen LogP contribution >= 0.6 is 0 Å². The maximum Gasteiger partial charge on any atom is 0.332 e. The minimum Gasteiger partial charge on any atom is -0.440 e. The van der Waals surface area contributed by atoms with Gasteiger partial charge in [-0.25, -0.2) is 4.79 Å². The minimum absolute atomic E-state index is 0.284. The predicted octanol–water partition coefficient (Wildman–Crippen LogP) is 3.17. The van der Waals surface area contributed by atoms with Crippen molar-refractivity contribution < 1.29 is 14.3 Å². The number of rotatable bonds is 1. The molecule has 114 valence electrons. The fourth-order valence-corrected chi connectivity index (χ4v) is 3.26. The first-order chi connectivity index (χ1) is 11.1. The Kier molecular flexibility index (Phi) is 2.88. The lowest BCUT2D eigenvalue weighted by Crippen LogP contribution is -2.41. The number of nitrogens with one attached hydrogen (secondary N) is 1. The average Bonchev–Trinajstić information content (AvgIpc) is 2.80. The molecule has 0 saturated heterocycles. The van der Waals surface area contributed by atoms with Gasteiger partial charge in [0.05, 0.1) is 0 Å². The van der Waals surface area contributed by atoms with Crippen LogP contribution in [-0.4, -0.2) is 11.9 Å². The van der Waals surface area contributed by atoms with Crippen molar-refractivity contribution in [1.82, 2.24) is 0 Å². The van der Waals surface area contributed by atoms with E-state index in [1.165, 1.54) is 6.08 Å². The van der Waals surface area contributed by atoms with Crippen molar-refractivity contribution in [3.63, 3.8) is 0 Å². The molecule has 1 N–H and O–H groups in total. The molecule has 1 atom stereocenters. The fourth-order valence-electron chi connectivity index (χ4n) is 3.26. The Hall–Kier alpha value is -2.88. The number of anilines is 1. The molecule has 2 aromatic carbocycles. The third kappa shape index (κ3) is 2.06. The van der Waals surface area contributed by atoms with E-state index in [0.717, 1.165) is 22.3 Å². The number of aryl methyl sites for hydroxylation is 1. The van der Waals surface area contributed by atoms with Crippen molar-refractivity contribution in [1.29, 1.82) is 0 Å². The SMILES string of the molecule is Cc1ccc2c(c1)C1(CC(c3ccccc3)=CC(=O)O1)C(=O)N2. The van der Waals surface area contributed by atoms with Crippen LogP contribution in [0.3, 0.4) is 0 Å². The molecule has 4 heteroatoms. The number of hydrogen-bond acceptors (Lipinski definition) is 3. The summed E-state index contributed by atoms with van der Waals surface area (Å²) in [6, 6.07) is 15.3. The Morgan fingerprint density at radius 3 is 2.65 bits per heavy atom. The third-order valence-electron chi connectivity index (χ3n) is 4.38. The average molecular weight is 305 g/mol. The molecule has 2 aliphatic heterocycles. The molecular formula is C19H15NO3. The molecule has 23 heavy (non-hydrogen) atoms. The molecule has 1 amide bonds. The number of fused-ring (bicyclic) bond motifs is 2. The van der Waals surface area contributed by atoms with E-state index < -0.39 is 11.6 Å². The highest BCUT2D eigenvalue weighted by Crippen LogP contribution is 2.47. The lowest BCUT2D eigenvalue weighted by atomic mass is 9.83. The molecule has 0 radical (unpaired) electrons. The zero-order chi connectivity index (χ0) is 16.0. The van der Waals surface area contributed by atoms with E-state index >= 15 is 0 Å². The molecule has 1 spiro atoms.